The quantitative estimate of drug-likeness (QED) is 0.313. The molecular formula is C27H23F3N4OS. The van der Waals surface area contributed by atoms with Crippen molar-refractivity contribution in [2.45, 2.75) is 32.1 Å². The highest BCUT2D eigenvalue weighted by atomic mass is 32.1. The molecule has 9 heteroatoms. The molecule has 36 heavy (non-hydrogen) atoms. The second kappa shape index (κ2) is 8.98. The fourth-order valence-corrected chi connectivity index (χ4v) is 5.27. The number of aromatic hydroxyl groups is 1. The second-order valence-electron chi connectivity index (χ2n) is 8.69. The largest absolute Gasteiger partial charge is 0.508 e. The Kier molecular flexibility index (Phi) is 5.96. The summed E-state index contributed by atoms with van der Waals surface area (Å²) in [7, 11) is 0. The third kappa shape index (κ3) is 4.09. The smallest absolute Gasteiger partial charge is 0.418 e. The number of phenolic OH excluding ortho intramolecular Hbond substituents is 1. The lowest BCUT2D eigenvalue weighted by Crippen LogP contribution is -2.29. The van der Waals surface area contributed by atoms with Crippen LogP contribution in [0.5, 0.6) is 5.75 Å². The van der Waals surface area contributed by atoms with Crippen molar-refractivity contribution < 1.29 is 18.3 Å². The van der Waals surface area contributed by atoms with Gasteiger partial charge in [-0.25, -0.2) is 0 Å². The minimum Gasteiger partial charge on any atom is -0.508 e. The molecule has 0 bridgehead atoms. The van der Waals surface area contributed by atoms with Crippen molar-refractivity contribution in [3.05, 3.63) is 107 Å². The van der Waals surface area contributed by atoms with Gasteiger partial charge < -0.3 is 19.9 Å². The van der Waals surface area contributed by atoms with Gasteiger partial charge in [-0.15, -0.1) is 0 Å². The molecule has 0 aliphatic carbocycles. The normalized spacial score (nSPS) is 17.9. The zero-order valence-electron chi connectivity index (χ0n) is 19.5. The zero-order valence-corrected chi connectivity index (χ0v) is 20.3. The summed E-state index contributed by atoms with van der Waals surface area (Å²) in [5, 5.41) is 13.6. The summed E-state index contributed by atoms with van der Waals surface area (Å²) in [6.45, 7) is 3.62. The molecule has 1 saturated heterocycles. The molecule has 3 heterocycles. The van der Waals surface area contributed by atoms with Crippen LogP contribution in [0.15, 0.2) is 79.0 Å². The number of hydrogen-bond donors (Lipinski definition) is 2. The number of aromatic nitrogens is 2. The Balaban J connectivity index is 1.70. The Morgan fingerprint density at radius 3 is 2.33 bits per heavy atom. The van der Waals surface area contributed by atoms with Gasteiger partial charge in [0.1, 0.15) is 5.75 Å². The number of para-hydroxylation sites is 1. The van der Waals surface area contributed by atoms with Crippen molar-refractivity contribution >= 4 is 23.0 Å². The Morgan fingerprint density at radius 1 is 0.972 bits per heavy atom. The van der Waals surface area contributed by atoms with Crippen molar-refractivity contribution in [2.75, 3.05) is 4.90 Å². The van der Waals surface area contributed by atoms with Crippen molar-refractivity contribution in [3.8, 4) is 11.4 Å². The summed E-state index contributed by atoms with van der Waals surface area (Å²) in [6.07, 6.45) is -2.80. The number of hydrogen-bond acceptors (Lipinski definition) is 3. The number of benzene rings is 2. The molecule has 1 aliphatic heterocycles. The van der Waals surface area contributed by atoms with Crippen molar-refractivity contribution in [3.63, 3.8) is 0 Å². The lowest BCUT2D eigenvalue weighted by atomic mass is 9.96. The third-order valence-corrected chi connectivity index (χ3v) is 6.78. The Morgan fingerprint density at radius 2 is 1.67 bits per heavy atom. The SMILES string of the molecule is Cc1cc([C@@H]2[C@H](c3ccccn3)NC(=S)N2c2ccc(O)cc2)c(C)n1-c1ccccc1C(F)(F)F. The van der Waals surface area contributed by atoms with Crippen LogP contribution < -0.4 is 10.2 Å². The average molecular weight is 509 g/mol. The molecule has 2 aromatic heterocycles. The maximum absolute atomic E-state index is 13.9. The summed E-state index contributed by atoms with van der Waals surface area (Å²) in [5.41, 5.74) is 3.04. The molecule has 1 fully saturated rings. The van der Waals surface area contributed by atoms with Crippen molar-refractivity contribution in [1.82, 2.24) is 14.9 Å². The van der Waals surface area contributed by atoms with Gasteiger partial charge in [0.2, 0.25) is 0 Å². The van der Waals surface area contributed by atoms with Gasteiger partial charge in [-0.1, -0.05) is 18.2 Å². The van der Waals surface area contributed by atoms with Gasteiger partial charge in [0.05, 0.1) is 29.0 Å². The topological polar surface area (TPSA) is 53.3 Å². The monoisotopic (exact) mass is 508 g/mol. The number of phenols is 1. The van der Waals surface area contributed by atoms with Gasteiger partial charge in [0, 0.05) is 23.3 Å². The predicted octanol–water partition coefficient (Wildman–Crippen LogP) is 6.39. The molecule has 0 amide bonds. The second-order valence-corrected chi connectivity index (χ2v) is 9.08. The maximum atomic E-state index is 13.9. The summed E-state index contributed by atoms with van der Waals surface area (Å²) >= 11 is 5.72. The van der Waals surface area contributed by atoms with Crippen LogP contribution in [0.4, 0.5) is 18.9 Å². The number of rotatable bonds is 4. The number of nitrogens with zero attached hydrogens (tertiary/aromatic N) is 3. The Bertz CT molecular complexity index is 1420. The first-order valence-corrected chi connectivity index (χ1v) is 11.7. The van der Waals surface area contributed by atoms with E-state index in [1.807, 2.05) is 36.1 Å². The molecule has 2 aromatic carbocycles. The van der Waals surface area contributed by atoms with Crippen LogP contribution in [0, 0.1) is 13.8 Å². The van der Waals surface area contributed by atoms with E-state index in [0.717, 1.165) is 23.0 Å². The predicted molar refractivity (Wildman–Crippen MR) is 136 cm³/mol. The summed E-state index contributed by atoms with van der Waals surface area (Å²) in [6, 6.07) is 19.0. The summed E-state index contributed by atoms with van der Waals surface area (Å²) in [4.78, 5) is 6.46. The van der Waals surface area contributed by atoms with Crippen molar-refractivity contribution in [2.24, 2.45) is 0 Å². The van der Waals surface area contributed by atoms with Gasteiger partial charge in [-0.2, -0.15) is 13.2 Å². The lowest BCUT2D eigenvalue weighted by molar-refractivity contribution is -0.137. The van der Waals surface area contributed by atoms with Crippen LogP contribution in [0.2, 0.25) is 0 Å². The van der Waals surface area contributed by atoms with E-state index in [2.05, 4.69) is 10.3 Å². The summed E-state index contributed by atoms with van der Waals surface area (Å²) in [5.74, 6) is 0.122. The molecule has 0 spiro atoms. The molecule has 5 nitrogen and oxygen atoms in total. The van der Waals surface area contributed by atoms with E-state index in [-0.39, 0.29) is 17.5 Å². The Labute approximate surface area is 211 Å². The standard InChI is InChI=1S/C27H23F3N4OS/c1-16-15-20(17(2)33(16)23-9-4-3-7-21(23)27(28,29)30)25-24(22-8-5-6-14-31-22)32-26(36)34(25)18-10-12-19(35)13-11-18/h3-15,24-25,35H,1-2H3,(H,32,36)/t24-,25+/m0/s1. The van der Waals surface area contributed by atoms with Crippen LogP contribution in [0.1, 0.15) is 40.3 Å². The molecule has 2 N–H and O–H groups in total. The number of anilines is 1. The number of thiocarbonyl (C=S) groups is 1. The van der Waals surface area contributed by atoms with E-state index in [1.54, 1.807) is 48.0 Å². The van der Waals surface area contributed by atoms with E-state index in [1.165, 1.54) is 12.1 Å². The number of halogens is 3. The minimum absolute atomic E-state index is 0.0744. The van der Waals surface area contributed by atoms with Crippen LogP contribution in [-0.2, 0) is 6.18 Å². The number of aryl methyl sites for hydroxylation is 1. The zero-order chi connectivity index (χ0) is 25.6. The van der Waals surface area contributed by atoms with E-state index >= 15 is 0 Å². The van der Waals surface area contributed by atoms with Gasteiger partial charge in [0.25, 0.3) is 0 Å². The molecule has 5 rings (SSSR count). The van der Waals surface area contributed by atoms with Crippen LogP contribution in [0.3, 0.4) is 0 Å². The van der Waals surface area contributed by atoms with Crippen LogP contribution in [0.25, 0.3) is 5.69 Å². The first-order chi connectivity index (χ1) is 17.2. The fourth-order valence-electron chi connectivity index (χ4n) is 4.93. The lowest BCUT2D eigenvalue weighted by Gasteiger charge is -2.28. The number of alkyl halides is 3. The van der Waals surface area contributed by atoms with Gasteiger partial charge in [0.15, 0.2) is 5.11 Å². The fraction of sp³-hybridized carbons (Fsp3) is 0.185. The minimum atomic E-state index is -4.50. The maximum Gasteiger partial charge on any atom is 0.418 e. The molecule has 0 radical (unpaired) electrons. The van der Waals surface area contributed by atoms with E-state index < -0.39 is 17.8 Å². The van der Waals surface area contributed by atoms with Crippen molar-refractivity contribution in [1.29, 1.82) is 0 Å². The highest BCUT2D eigenvalue weighted by molar-refractivity contribution is 7.80. The molecular weight excluding hydrogens is 485 g/mol. The first kappa shape index (κ1) is 23.9. The first-order valence-electron chi connectivity index (χ1n) is 11.3. The van der Waals surface area contributed by atoms with E-state index in [0.29, 0.717) is 16.5 Å². The van der Waals surface area contributed by atoms with E-state index in [4.69, 9.17) is 12.2 Å². The highest BCUT2D eigenvalue weighted by Crippen LogP contribution is 2.44. The molecule has 4 aromatic rings. The number of nitrogens with one attached hydrogen (secondary N) is 1. The average Bonchev–Trinajstić information content (AvgIpc) is 3.34. The van der Waals surface area contributed by atoms with Gasteiger partial charge in [-0.3, -0.25) is 4.98 Å². The molecule has 1 aliphatic rings. The Hall–Kier alpha value is -3.85. The van der Waals surface area contributed by atoms with Gasteiger partial charge >= 0.3 is 6.18 Å². The van der Waals surface area contributed by atoms with Crippen LogP contribution in [-0.4, -0.2) is 19.8 Å². The molecule has 2 atom stereocenters. The highest BCUT2D eigenvalue weighted by Gasteiger charge is 2.43. The summed E-state index contributed by atoms with van der Waals surface area (Å²) < 4.78 is 43.3. The molecule has 0 saturated carbocycles. The molecule has 184 valence electrons. The van der Waals surface area contributed by atoms with Crippen LogP contribution >= 0.6 is 12.2 Å². The third-order valence-electron chi connectivity index (χ3n) is 6.47. The number of pyridine rings is 1. The van der Waals surface area contributed by atoms with Gasteiger partial charge in [-0.05, 0) is 86.2 Å². The van der Waals surface area contributed by atoms with E-state index in [9.17, 15) is 18.3 Å². The molecule has 0 unspecified atom stereocenters.